The Balaban J connectivity index is 1.50. The van der Waals surface area contributed by atoms with Crippen molar-refractivity contribution in [1.82, 2.24) is 4.90 Å². The predicted molar refractivity (Wildman–Crippen MR) is 84.8 cm³/mol. The number of benzene rings is 1. The second-order valence-corrected chi connectivity index (χ2v) is 6.11. The highest BCUT2D eigenvalue weighted by Crippen LogP contribution is 2.24. The van der Waals surface area contributed by atoms with E-state index < -0.39 is 0 Å². The van der Waals surface area contributed by atoms with Crippen LogP contribution in [0.1, 0.15) is 18.6 Å². The van der Waals surface area contributed by atoms with Crippen LogP contribution in [0.15, 0.2) is 51.6 Å². The molecule has 0 saturated carbocycles. The van der Waals surface area contributed by atoms with E-state index in [4.69, 9.17) is 4.42 Å². The third-order valence-corrected chi connectivity index (χ3v) is 4.47. The lowest BCUT2D eigenvalue weighted by atomic mass is 10.0. The van der Waals surface area contributed by atoms with Crippen LogP contribution in [0.2, 0.25) is 0 Å². The molecule has 0 radical (unpaired) electrons. The fraction of sp³-hybridized carbons (Fsp3) is 0.375. The number of likely N-dealkylation sites (tertiary alicyclic amines) is 1. The van der Waals surface area contributed by atoms with Gasteiger partial charge in [0.15, 0.2) is 0 Å². The van der Waals surface area contributed by atoms with Crippen LogP contribution in [0, 0.1) is 0 Å². The smallest absolute Gasteiger partial charge is 0.117 e. The maximum absolute atomic E-state index is 5.41. The van der Waals surface area contributed by atoms with Gasteiger partial charge in [-0.1, -0.05) is 12.1 Å². The largest absolute Gasteiger partial charge is 0.468 e. The zero-order valence-corrected chi connectivity index (χ0v) is 13.0. The molecule has 106 valence electrons. The quantitative estimate of drug-likeness (QED) is 0.911. The molecule has 0 spiro atoms. The van der Waals surface area contributed by atoms with Crippen LogP contribution in [-0.2, 0) is 6.54 Å². The lowest BCUT2D eigenvalue weighted by Gasteiger charge is -2.32. The van der Waals surface area contributed by atoms with Crippen LogP contribution in [0.5, 0.6) is 0 Å². The standard InChI is InChI=1S/C16H19BrN2O/c17-15-5-1-2-6-16(15)18-13-7-9-19(10-8-13)12-14-4-3-11-20-14/h1-6,11,13,18H,7-10,12H2. The first-order valence-electron chi connectivity index (χ1n) is 7.07. The monoisotopic (exact) mass is 334 g/mol. The molecule has 0 bridgehead atoms. The Kier molecular flexibility index (Phi) is 4.43. The molecule has 0 atom stereocenters. The van der Waals surface area contributed by atoms with Gasteiger partial charge in [-0.15, -0.1) is 0 Å². The molecule has 1 aromatic carbocycles. The number of halogens is 1. The van der Waals surface area contributed by atoms with Crippen LogP contribution >= 0.6 is 15.9 Å². The number of hydrogen-bond acceptors (Lipinski definition) is 3. The summed E-state index contributed by atoms with van der Waals surface area (Å²) in [6, 6.07) is 12.9. The second-order valence-electron chi connectivity index (χ2n) is 5.25. The molecule has 1 saturated heterocycles. The van der Waals surface area contributed by atoms with Crippen molar-refractivity contribution in [3.05, 3.63) is 52.9 Å². The number of nitrogens with one attached hydrogen (secondary N) is 1. The Morgan fingerprint density at radius 3 is 2.65 bits per heavy atom. The van der Waals surface area contributed by atoms with Crippen molar-refractivity contribution >= 4 is 21.6 Å². The first-order chi connectivity index (χ1) is 9.81. The van der Waals surface area contributed by atoms with E-state index in [2.05, 4.69) is 44.3 Å². The van der Waals surface area contributed by atoms with Gasteiger partial charge in [-0.25, -0.2) is 0 Å². The van der Waals surface area contributed by atoms with Crippen molar-refractivity contribution in [3.8, 4) is 0 Å². The van der Waals surface area contributed by atoms with E-state index in [9.17, 15) is 0 Å². The average Bonchev–Trinajstić information content (AvgIpc) is 2.96. The van der Waals surface area contributed by atoms with E-state index in [0.717, 1.165) is 29.9 Å². The predicted octanol–water partition coefficient (Wildman–Crippen LogP) is 4.12. The first-order valence-corrected chi connectivity index (χ1v) is 7.86. The van der Waals surface area contributed by atoms with Gasteiger partial charge in [0.25, 0.3) is 0 Å². The van der Waals surface area contributed by atoms with Gasteiger partial charge in [0.1, 0.15) is 5.76 Å². The van der Waals surface area contributed by atoms with Crippen LogP contribution in [-0.4, -0.2) is 24.0 Å². The highest BCUT2D eigenvalue weighted by atomic mass is 79.9. The minimum Gasteiger partial charge on any atom is -0.468 e. The number of rotatable bonds is 4. The van der Waals surface area contributed by atoms with Crippen molar-refractivity contribution in [2.45, 2.75) is 25.4 Å². The van der Waals surface area contributed by atoms with Crippen LogP contribution < -0.4 is 5.32 Å². The van der Waals surface area contributed by atoms with Gasteiger partial charge in [0, 0.05) is 29.3 Å². The lowest BCUT2D eigenvalue weighted by molar-refractivity contribution is 0.197. The minimum atomic E-state index is 0.557. The molecule has 0 unspecified atom stereocenters. The first kappa shape index (κ1) is 13.7. The molecule has 2 heterocycles. The van der Waals surface area contributed by atoms with Crippen molar-refractivity contribution in [2.24, 2.45) is 0 Å². The third kappa shape index (κ3) is 3.44. The van der Waals surface area contributed by atoms with Crippen LogP contribution in [0.4, 0.5) is 5.69 Å². The molecule has 4 heteroatoms. The fourth-order valence-electron chi connectivity index (χ4n) is 2.66. The Morgan fingerprint density at radius 1 is 1.15 bits per heavy atom. The zero-order chi connectivity index (χ0) is 13.8. The van der Waals surface area contributed by atoms with Crippen molar-refractivity contribution < 1.29 is 4.42 Å². The zero-order valence-electron chi connectivity index (χ0n) is 11.4. The Bertz CT molecular complexity index is 533. The van der Waals surface area contributed by atoms with Gasteiger partial charge < -0.3 is 9.73 Å². The maximum atomic E-state index is 5.41. The maximum Gasteiger partial charge on any atom is 0.117 e. The number of hydrogen-bond donors (Lipinski definition) is 1. The molecule has 0 amide bonds. The van der Waals surface area contributed by atoms with E-state index in [0.29, 0.717) is 6.04 Å². The van der Waals surface area contributed by atoms with E-state index in [1.807, 2.05) is 18.2 Å². The Labute approximate surface area is 128 Å². The van der Waals surface area contributed by atoms with Gasteiger partial charge in [0.05, 0.1) is 12.8 Å². The molecule has 1 aromatic heterocycles. The van der Waals surface area contributed by atoms with Gasteiger partial charge in [-0.3, -0.25) is 4.90 Å². The molecular formula is C16H19BrN2O. The topological polar surface area (TPSA) is 28.4 Å². The fourth-order valence-corrected chi connectivity index (χ4v) is 3.06. The summed E-state index contributed by atoms with van der Waals surface area (Å²) < 4.78 is 6.55. The highest BCUT2D eigenvalue weighted by molar-refractivity contribution is 9.10. The molecule has 0 aliphatic carbocycles. The number of anilines is 1. The molecular weight excluding hydrogens is 316 g/mol. The van der Waals surface area contributed by atoms with Crippen molar-refractivity contribution in [3.63, 3.8) is 0 Å². The summed E-state index contributed by atoms with van der Waals surface area (Å²) in [5, 5.41) is 3.63. The van der Waals surface area contributed by atoms with E-state index in [1.54, 1.807) is 6.26 Å². The number of para-hydroxylation sites is 1. The van der Waals surface area contributed by atoms with Gasteiger partial charge in [-0.05, 0) is 53.0 Å². The molecule has 1 aliphatic heterocycles. The van der Waals surface area contributed by atoms with Crippen molar-refractivity contribution in [2.75, 3.05) is 18.4 Å². The lowest BCUT2D eigenvalue weighted by Crippen LogP contribution is -2.38. The van der Waals surface area contributed by atoms with E-state index in [1.165, 1.54) is 18.5 Å². The summed E-state index contributed by atoms with van der Waals surface area (Å²) in [5.74, 6) is 1.06. The van der Waals surface area contributed by atoms with Gasteiger partial charge >= 0.3 is 0 Å². The summed E-state index contributed by atoms with van der Waals surface area (Å²) in [7, 11) is 0. The summed E-state index contributed by atoms with van der Waals surface area (Å²) in [6.45, 7) is 3.15. The SMILES string of the molecule is Brc1ccccc1NC1CCN(Cc2ccco2)CC1. The van der Waals surface area contributed by atoms with Gasteiger partial charge in [0.2, 0.25) is 0 Å². The summed E-state index contributed by atoms with van der Waals surface area (Å²) in [5.41, 5.74) is 1.19. The van der Waals surface area contributed by atoms with E-state index >= 15 is 0 Å². The Morgan fingerprint density at radius 2 is 1.95 bits per heavy atom. The molecule has 1 aliphatic rings. The summed E-state index contributed by atoms with van der Waals surface area (Å²) in [4.78, 5) is 2.46. The third-order valence-electron chi connectivity index (χ3n) is 3.78. The minimum absolute atomic E-state index is 0.557. The Hall–Kier alpha value is -1.26. The molecule has 3 nitrogen and oxygen atoms in total. The summed E-state index contributed by atoms with van der Waals surface area (Å²) >= 11 is 3.59. The number of nitrogens with zero attached hydrogens (tertiary/aromatic N) is 1. The van der Waals surface area contributed by atoms with Gasteiger partial charge in [-0.2, -0.15) is 0 Å². The van der Waals surface area contributed by atoms with Crippen LogP contribution in [0.3, 0.4) is 0 Å². The number of piperidine rings is 1. The normalized spacial score (nSPS) is 17.2. The molecule has 1 fully saturated rings. The van der Waals surface area contributed by atoms with E-state index in [-0.39, 0.29) is 0 Å². The second kappa shape index (κ2) is 6.46. The molecule has 3 rings (SSSR count). The number of furan rings is 1. The highest BCUT2D eigenvalue weighted by Gasteiger charge is 2.20. The summed E-state index contributed by atoms with van der Waals surface area (Å²) in [6.07, 6.45) is 4.08. The van der Waals surface area contributed by atoms with Crippen LogP contribution in [0.25, 0.3) is 0 Å². The van der Waals surface area contributed by atoms with Crippen molar-refractivity contribution in [1.29, 1.82) is 0 Å². The molecule has 1 N–H and O–H groups in total. The molecule has 20 heavy (non-hydrogen) atoms. The average molecular weight is 335 g/mol. The molecule has 2 aromatic rings.